The largest absolute Gasteiger partial charge is 0.455 e. The van der Waals surface area contributed by atoms with Gasteiger partial charge in [-0.3, -0.25) is 9.59 Å². The van der Waals surface area contributed by atoms with Crippen molar-refractivity contribution in [3.8, 4) is 0 Å². The van der Waals surface area contributed by atoms with Crippen LogP contribution in [0.1, 0.15) is 12.5 Å². The maximum atomic E-state index is 12.2. The van der Waals surface area contributed by atoms with Crippen LogP contribution in [0.3, 0.4) is 0 Å². The quantitative estimate of drug-likeness (QED) is 0.609. The SMILES string of the molecule is CCc1ccccc1NC(=O)COC(=O)CNS(=O)(=O)c1ccc(Cl)c(Cl)c1. The Hall–Kier alpha value is -2.13. The van der Waals surface area contributed by atoms with Crippen LogP contribution in [-0.2, 0) is 30.8 Å². The molecule has 2 N–H and O–H groups in total. The molecule has 2 aromatic carbocycles. The molecule has 10 heteroatoms. The summed E-state index contributed by atoms with van der Waals surface area (Å²) in [5.41, 5.74) is 1.57. The van der Waals surface area contributed by atoms with Crippen molar-refractivity contribution in [1.29, 1.82) is 0 Å². The molecule has 0 atom stereocenters. The van der Waals surface area contributed by atoms with Gasteiger partial charge in [0.2, 0.25) is 10.0 Å². The number of halogens is 2. The number of aryl methyl sites for hydroxylation is 1. The van der Waals surface area contributed by atoms with Gasteiger partial charge < -0.3 is 10.1 Å². The third-order valence-corrected chi connectivity index (χ3v) is 5.78. The number of para-hydroxylation sites is 1. The Labute approximate surface area is 173 Å². The van der Waals surface area contributed by atoms with Gasteiger partial charge in [0, 0.05) is 5.69 Å². The molecule has 2 aromatic rings. The lowest BCUT2D eigenvalue weighted by Gasteiger charge is -2.10. The normalized spacial score (nSPS) is 11.1. The highest BCUT2D eigenvalue weighted by Crippen LogP contribution is 2.24. The molecule has 2 rings (SSSR count). The van der Waals surface area contributed by atoms with E-state index >= 15 is 0 Å². The minimum atomic E-state index is -3.99. The van der Waals surface area contributed by atoms with E-state index in [2.05, 4.69) is 10.0 Å². The molecule has 0 saturated heterocycles. The van der Waals surface area contributed by atoms with Gasteiger partial charge in [-0.2, -0.15) is 4.72 Å². The summed E-state index contributed by atoms with van der Waals surface area (Å²) in [4.78, 5) is 23.5. The van der Waals surface area contributed by atoms with Crippen molar-refractivity contribution >= 4 is 50.8 Å². The lowest BCUT2D eigenvalue weighted by atomic mass is 10.1. The number of rotatable bonds is 8. The Morgan fingerprint density at radius 1 is 1.07 bits per heavy atom. The molecular weight excluding hydrogens is 427 g/mol. The highest BCUT2D eigenvalue weighted by Gasteiger charge is 2.18. The second-order valence-electron chi connectivity index (χ2n) is 5.62. The summed E-state index contributed by atoms with van der Waals surface area (Å²) in [6.45, 7) is 0.776. The minimum absolute atomic E-state index is 0.0659. The van der Waals surface area contributed by atoms with E-state index in [1.807, 2.05) is 19.1 Å². The molecule has 0 aliphatic carbocycles. The maximum Gasteiger partial charge on any atom is 0.321 e. The summed E-state index contributed by atoms with van der Waals surface area (Å²) < 4.78 is 31.2. The van der Waals surface area contributed by atoms with E-state index in [1.54, 1.807) is 12.1 Å². The fourth-order valence-electron chi connectivity index (χ4n) is 2.22. The first kappa shape index (κ1) is 22.2. The Kier molecular flexibility index (Phi) is 7.82. The van der Waals surface area contributed by atoms with Crippen molar-refractivity contribution < 1.29 is 22.7 Å². The van der Waals surface area contributed by atoms with Crippen LogP contribution in [0.25, 0.3) is 0 Å². The smallest absolute Gasteiger partial charge is 0.321 e. The van der Waals surface area contributed by atoms with E-state index in [0.29, 0.717) is 5.69 Å². The van der Waals surface area contributed by atoms with Crippen LogP contribution in [0.4, 0.5) is 5.69 Å². The Bertz CT molecular complexity index is 980. The summed E-state index contributed by atoms with van der Waals surface area (Å²) in [6, 6.07) is 11.0. The van der Waals surface area contributed by atoms with E-state index in [9.17, 15) is 18.0 Å². The number of hydrogen-bond acceptors (Lipinski definition) is 5. The molecule has 0 fully saturated rings. The van der Waals surface area contributed by atoms with Crippen LogP contribution in [0, 0.1) is 0 Å². The van der Waals surface area contributed by atoms with Crippen LogP contribution in [0.5, 0.6) is 0 Å². The van der Waals surface area contributed by atoms with E-state index < -0.39 is 35.1 Å². The zero-order valence-corrected chi connectivity index (χ0v) is 17.2. The zero-order valence-electron chi connectivity index (χ0n) is 14.9. The number of ether oxygens (including phenoxy) is 1. The maximum absolute atomic E-state index is 12.2. The topological polar surface area (TPSA) is 102 Å². The Morgan fingerprint density at radius 2 is 1.79 bits per heavy atom. The first-order chi connectivity index (χ1) is 13.2. The molecule has 0 unspecified atom stereocenters. The minimum Gasteiger partial charge on any atom is -0.455 e. The number of carbonyl (C=O) groups excluding carboxylic acids is 2. The van der Waals surface area contributed by atoms with Crippen LogP contribution in [0.2, 0.25) is 10.0 Å². The third kappa shape index (κ3) is 6.20. The van der Waals surface area contributed by atoms with Gasteiger partial charge in [0.05, 0.1) is 14.9 Å². The fraction of sp³-hybridized carbons (Fsp3) is 0.222. The van der Waals surface area contributed by atoms with Crippen LogP contribution < -0.4 is 10.0 Å². The predicted molar refractivity (Wildman–Crippen MR) is 107 cm³/mol. The van der Waals surface area contributed by atoms with Gasteiger partial charge >= 0.3 is 5.97 Å². The molecule has 1 amide bonds. The van der Waals surface area contributed by atoms with Crippen molar-refractivity contribution in [2.75, 3.05) is 18.5 Å². The van der Waals surface area contributed by atoms with Crippen molar-refractivity contribution in [3.05, 3.63) is 58.1 Å². The average molecular weight is 445 g/mol. The molecule has 7 nitrogen and oxygen atoms in total. The molecule has 28 heavy (non-hydrogen) atoms. The number of esters is 1. The van der Waals surface area contributed by atoms with Gasteiger partial charge in [-0.15, -0.1) is 0 Å². The van der Waals surface area contributed by atoms with Crippen molar-refractivity contribution in [1.82, 2.24) is 4.72 Å². The van der Waals surface area contributed by atoms with E-state index in [0.717, 1.165) is 18.1 Å². The fourth-order valence-corrected chi connectivity index (χ4v) is 3.57. The van der Waals surface area contributed by atoms with E-state index in [-0.39, 0.29) is 14.9 Å². The number of anilines is 1. The number of nitrogens with one attached hydrogen (secondary N) is 2. The molecule has 0 radical (unpaired) electrons. The number of sulfonamides is 1. The predicted octanol–water partition coefficient (Wildman–Crippen LogP) is 3.02. The summed E-state index contributed by atoms with van der Waals surface area (Å²) in [7, 11) is -3.99. The summed E-state index contributed by atoms with van der Waals surface area (Å²) >= 11 is 11.5. The average Bonchev–Trinajstić information content (AvgIpc) is 2.67. The Balaban J connectivity index is 1.85. The number of hydrogen-bond donors (Lipinski definition) is 2. The summed E-state index contributed by atoms with van der Waals surface area (Å²) in [5, 5.41) is 2.91. The van der Waals surface area contributed by atoms with E-state index in [4.69, 9.17) is 27.9 Å². The highest BCUT2D eigenvalue weighted by molar-refractivity contribution is 7.89. The van der Waals surface area contributed by atoms with Crippen LogP contribution in [-0.4, -0.2) is 33.4 Å². The molecule has 0 aliphatic rings. The van der Waals surface area contributed by atoms with Gasteiger partial charge in [-0.1, -0.05) is 48.3 Å². The first-order valence-corrected chi connectivity index (χ1v) is 10.4. The van der Waals surface area contributed by atoms with Crippen LogP contribution in [0.15, 0.2) is 47.4 Å². The number of benzene rings is 2. The Morgan fingerprint density at radius 3 is 2.46 bits per heavy atom. The highest BCUT2D eigenvalue weighted by atomic mass is 35.5. The standard InChI is InChI=1S/C18H18Cl2N2O5S/c1-2-12-5-3-4-6-16(12)22-17(23)11-27-18(24)10-21-28(25,26)13-7-8-14(19)15(20)9-13/h3-9,21H,2,10-11H2,1H3,(H,22,23). The van der Waals surface area contributed by atoms with Gasteiger partial charge in [0.25, 0.3) is 5.91 Å². The van der Waals surface area contributed by atoms with Crippen molar-refractivity contribution in [2.24, 2.45) is 0 Å². The number of amides is 1. The van der Waals surface area contributed by atoms with Gasteiger partial charge in [0.15, 0.2) is 6.61 Å². The van der Waals surface area contributed by atoms with Crippen molar-refractivity contribution in [3.63, 3.8) is 0 Å². The molecule has 150 valence electrons. The summed E-state index contributed by atoms with van der Waals surface area (Å²) in [5.74, 6) is -1.43. The first-order valence-electron chi connectivity index (χ1n) is 8.21. The summed E-state index contributed by atoms with van der Waals surface area (Å²) in [6.07, 6.45) is 0.729. The zero-order chi connectivity index (χ0) is 20.7. The van der Waals surface area contributed by atoms with Gasteiger partial charge in [-0.25, -0.2) is 8.42 Å². The monoisotopic (exact) mass is 444 g/mol. The molecule has 0 heterocycles. The second kappa shape index (κ2) is 9.88. The molecule has 0 spiro atoms. The molecule has 0 saturated carbocycles. The van der Waals surface area contributed by atoms with Gasteiger partial charge in [-0.05, 0) is 36.2 Å². The van der Waals surface area contributed by atoms with Crippen molar-refractivity contribution in [2.45, 2.75) is 18.2 Å². The molecule has 0 aromatic heterocycles. The third-order valence-electron chi connectivity index (χ3n) is 3.64. The lowest BCUT2D eigenvalue weighted by molar-refractivity contribution is -0.146. The number of carbonyl (C=O) groups is 2. The van der Waals surface area contributed by atoms with Crippen LogP contribution >= 0.6 is 23.2 Å². The molecular formula is C18H18Cl2N2O5S. The second-order valence-corrected chi connectivity index (χ2v) is 8.20. The molecule has 0 bridgehead atoms. The van der Waals surface area contributed by atoms with Gasteiger partial charge in [0.1, 0.15) is 6.54 Å². The lowest BCUT2D eigenvalue weighted by Crippen LogP contribution is -2.32. The molecule has 0 aliphatic heterocycles. The van der Waals surface area contributed by atoms with E-state index in [1.165, 1.54) is 12.1 Å².